The molecule has 2 rings (SSSR count). The van der Waals surface area contributed by atoms with Crippen molar-refractivity contribution < 1.29 is 13.2 Å². The molecular formula is C15H20F3N. The molecule has 1 aromatic rings. The lowest BCUT2D eigenvalue weighted by molar-refractivity contribution is -0.137. The van der Waals surface area contributed by atoms with Crippen LogP contribution in [0, 0.1) is 5.92 Å². The largest absolute Gasteiger partial charge is 0.416 e. The number of rotatable bonds is 3. The van der Waals surface area contributed by atoms with Crippen molar-refractivity contribution in [1.29, 1.82) is 0 Å². The zero-order valence-corrected chi connectivity index (χ0v) is 11.1. The summed E-state index contributed by atoms with van der Waals surface area (Å²) in [6.45, 7) is 2.07. The van der Waals surface area contributed by atoms with E-state index in [2.05, 4.69) is 12.2 Å². The Labute approximate surface area is 112 Å². The first-order valence-corrected chi connectivity index (χ1v) is 6.90. The van der Waals surface area contributed by atoms with Crippen LogP contribution in [-0.2, 0) is 6.18 Å². The molecule has 1 aromatic carbocycles. The molecule has 1 nitrogen and oxygen atoms in total. The summed E-state index contributed by atoms with van der Waals surface area (Å²) >= 11 is 0. The van der Waals surface area contributed by atoms with Gasteiger partial charge in [0.2, 0.25) is 0 Å². The Kier molecular flexibility index (Phi) is 4.38. The maximum Gasteiger partial charge on any atom is 0.416 e. The molecule has 19 heavy (non-hydrogen) atoms. The van der Waals surface area contributed by atoms with Crippen molar-refractivity contribution in [2.24, 2.45) is 5.92 Å². The zero-order valence-electron chi connectivity index (χ0n) is 11.1. The van der Waals surface area contributed by atoms with Crippen molar-refractivity contribution in [3.05, 3.63) is 29.8 Å². The molecular weight excluding hydrogens is 251 g/mol. The third-order valence-corrected chi connectivity index (χ3v) is 3.94. The fourth-order valence-corrected chi connectivity index (χ4v) is 2.80. The quantitative estimate of drug-likeness (QED) is 0.807. The van der Waals surface area contributed by atoms with Gasteiger partial charge < -0.3 is 5.32 Å². The van der Waals surface area contributed by atoms with Gasteiger partial charge in [-0.15, -0.1) is 0 Å². The second kappa shape index (κ2) is 5.85. The topological polar surface area (TPSA) is 12.0 Å². The third kappa shape index (κ3) is 3.88. The number of anilines is 1. The fraction of sp³-hybridized carbons (Fsp3) is 0.600. The summed E-state index contributed by atoms with van der Waals surface area (Å²) < 4.78 is 37.9. The number of halogens is 3. The minimum Gasteiger partial charge on any atom is -0.382 e. The van der Waals surface area contributed by atoms with Gasteiger partial charge in [-0.25, -0.2) is 0 Å². The Bertz CT molecular complexity index is 408. The van der Waals surface area contributed by atoms with Crippen molar-refractivity contribution in [1.82, 2.24) is 0 Å². The number of hydrogen-bond acceptors (Lipinski definition) is 1. The van der Waals surface area contributed by atoms with Crippen LogP contribution in [-0.4, -0.2) is 6.04 Å². The standard InChI is InChI=1S/C15H20F3N/c1-11(12-6-3-2-4-7-12)19-14-9-5-8-13(10-14)15(16,17)18/h5,8-12,19H,2-4,6-7H2,1H3. The number of nitrogens with one attached hydrogen (secondary N) is 1. The first kappa shape index (κ1) is 14.2. The Hall–Kier alpha value is -1.19. The van der Waals surface area contributed by atoms with Gasteiger partial charge in [-0.1, -0.05) is 25.3 Å². The smallest absolute Gasteiger partial charge is 0.382 e. The van der Waals surface area contributed by atoms with Crippen LogP contribution in [0.4, 0.5) is 18.9 Å². The Morgan fingerprint density at radius 3 is 2.47 bits per heavy atom. The Morgan fingerprint density at radius 2 is 1.84 bits per heavy atom. The summed E-state index contributed by atoms with van der Waals surface area (Å²) in [5.74, 6) is 0.572. The van der Waals surface area contributed by atoms with Gasteiger partial charge in [0.25, 0.3) is 0 Å². The second-order valence-corrected chi connectivity index (χ2v) is 5.41. The molecule has 4 heteroatoms. The number of hydrogen-bond donors (Lipinski definition) is 1. The highest BCUT2D eigenvalue weighted by Gasteiger charge is 2.30. The van der Waals surface area contributed by atoms with E-state index in [9.17, 15) is 13.2 Å². The molecule has 1 aliphatic rings. The molecule has 0 bridgehead atoms. The lowest BCUT2D eigenvalue weighted by Gasteiger charge is -2.29. The van der Waals surface area contributed by atoms with Gasteiger partial charge >= 0.3 is 6.18 Å². The molecule has 1 N–H and O–H groups in total. The molecule has 1 fully saturated rings. The maximum atomic E-state index is 12.6. The van der Waals surface area contributed by atoms with Crippen LogP contribution in [0.5, 0.6) is 0 Å². The molecule has 106 valence electrons. The van der Waals surface area contributed by atoms with Gasteiger partial charge in [-0.05, 0) is 43.9 Å². The van der Waals surface area contributed by atoms with Crippen molar-refractivity contribution >= 4 is 5.69 Å². The lowest BCUT2D eigenvalue weighted by Crippen LogP contribution is -2.27. The van der Waals surface area contributed by atoms with E-state index in [1.807, 2.05) is 0 Å². The van der Waals surface area contributed by atoms with E-state index in [1.54, 1.807) is 6.07 Å². The van der Waals surface area contributed by atoms with Gasteiger partial charge in [-0.2, -0.15) is 13.2 Å². The number of alkyl halides is 3. The van der Waals surface area contributed by atoms with E-state index in [1.165, 1.54) is 44.2 Å². The van der Waals surface area contributed by atoms with Crippen LogP contribution >= 0.6 is 0 Å². The monoisotopic (exact) mass is 271 g/mol. The highest BCUT2D eigenvalue weighted by atomic mass is 19.4. The second-order valence-electron chi connectivity index (χ2n) is 5.41. The van der Waals surface area contributed by atoms with Crippen LogP contribution < -0.4 is 5.32 Å². The lowest BCUT2D eigenvalue weighted by atomic mass is 9.84. The van der Waals surface area contributed by atoms with Crippen LogP contribution in [0.15, 0.2) is 24.3 Å². The molecule has 0 aliphatic heterocycles. The molecule has 0 amide bonds. The maximum absolute atomic E-state index is 12.6. The summed E-state index contributed by atoms with van der Waals surface area (Å²) in [5, 5.41) is 3.22. The molecule has 0 heterocycles. The van der Waals surface area contributed by atoms with E-state index in [0.717, 1.165) is 6.07 Å². The zero-order chi connectivity index (χ0) is 13.9. The molecule has 1 atom stereocenters. The van der Waals surface area contributed by atoms with Crippen LogP contribution in [0.2, 0.25) is 0 Å². The molecule has 0 aromatic heterocycles. The third-order valence-electron chi connectivity index (χ3n) is 3.94. The molecule has 0 saturated heterocycles. The van der Waals surface area contributed by atoms with Gasteiger partial charge in [0, 0.05) is 11.7 Å². The Morgan fingerprint density at radius 1 is 1.16 bits per heavy atom. The van der Waals surface area contributed by atoms with Crippen LogP contribution in [0.25, 0.3) is 0 Å². The first-order chi connectivity index (χ1) is 8.97. The normalized spacial score (nSPS) is 19.2. The van der Waals surface area contributed by atoms with Crippen molar-refractivity contribution in [3.8, 4) is 0 Å². The average Bonchev–Trinajstić information content (AvgIpc) is 2.39. The van der Waals surface area contributed by atoms with E-state index in [4.69, 9.17) is 0 Å². The molecule has 0 radical (unpaired) electrons. The summed E-state index contributed by atoms with van der Waals surface area (Å²) in [7, 11) is 0. The van der Waals surface area contributed by atoms with E-state index < -0.39 is 11.7 Å². The average molecular weight is 271 g/mol. The highest BCUT2D eigenvalue weighted by Crippen LogP contribution is 2.32. The van der Waals surface area contributed by atoms with Gasteiger partial charge in [0.1, 0.15) is 0 Å². The van der Waals surface area contributed by atoms with Crippen LogP contribution in [0.3, 0.4) is 0 Å². The van der Waals surface area contributed by atoms with Crippen LogP contribution in [0.1, 0.15) is 44.6 Å². The molecule has 0 spiro atoms. The van der Waals surface area contributed by atoms with Gasteiger partial charge in [0.15, 0.2) is 0 Å². The van der Waals surface area contributed by atoms with Gasteiger partial charge in [-0.3, -0.25) is 0 Å². The van der Waals surface area contributed by atoms with E-state index in [0.29, 0.717) is 11.6 Å². The minimum absolute atomic E-state index is 0.226. The van der Waals surface area contributed by atoms with E-state index in [-0.39, 0.29) is 6.04 Å². The minimum atomic E-state index is -4.27. The molecule has 1 saturated carbocycles. The fourth-order valence-electron chi connectivity index (χ4n) is 2.80. The molecule has 1 unspecified atom stereocenters. The van der Waals surface area contributed by atoms with Crippen molar-refractivity contribution in [2.75, 3.05) is 5.32 Å². The first-order valence-electron chi connectivity index (χ1n) is 6.90. The molecule has 1 aliphatic carbocycles. The van der Waals surface area contributed by atoms with E-state index >= 15 is 0 Å². The summed E-state index contributed by atoms with van der Waals surface area (Å²) in [4.78, 5) is 0. The predicted octanol–water partition coefficient (Wildman–Crippen LogP) is 5.09. The summed E-state index contributed by atoms with van der Waals surface area (Å²) in [6.07, 6.45) is 1.83. The summed E-state index contributed by atoms with van der Waals surface area (Å²) in [5.41, 5.74) is -0.0266. The predicted molar refractivity (Wildman–Crippen MR) is 71.1 cm³/mol. The SMILES string of the molecule is CC(Nc1cccc(C(F)(F)F)c1)C1CCCCC1. The summed E-state index contributed by atoms with van der Waals surface area (Å²) in [6, 6.07) is 5.69. The van der Waals surface area contributed by atoms with Gasteiger partial charge in [0.05, 0.1) is 5.56 Å². The van der Waals surface area contributed by atoms with Crippen molar-refractivity contribution in [2.45, 2.75) is 51.2 Å². The Balaban J connectivity index is 2.02. The number of benzene rings is 1. The van der Waals surface area contributed by atoms with Crippen molar-refractivity contribution in [3.63, 3.8) is 0 Å². The highest BCUT2D eigenvalue weighted by molar-refractivity contribution is 5.47.